The third-order valence-electron chi connectivity index (χ3n) is 9.26. The Hall–Kier alpha value is -3.35. The van der Waals surface area contributed by atoms with Crippen molar-refractivity contribution < 1.29 is 22.7 Å². The Morgan fingerprint density at radius 3 is 2.00 bits per heavy atom. The molecular formula is C34H38Cl3N5O5S. The number of halogens is 3. The number of sulfonamides is 1. The number of benzene rings is 3. The number of nitrogens with two attached hydrogens (primary N) is 2. The fraction of sp³-hybridized carbons (Fsp3) is 0.382. The van der Waals surface area contributed by atoms with Gasteiger partial charge in [0.1, 0.15) is 27.6 Å². The van der Waals surface area contributed by atoms with Crippen molar-refractivity contribution in [2.45, 2.75) is 69.0 Å². The van der Waals surface area contributed by atoms with Crippen molar-refractivity contribution in [1.82, 2.24) is 9.80 Å². The van der Waals surface area contributed by atoms with Crippen molar-refractivity contribution in [2.24, 2.45) is 21.8 Å². The van der Waals surface area contributed by atoms with Crippen molar-refractivity contribution in [2.75, 3.05) is 13.1 Å². The highest BCUT2D eigenvalue weighted by Gasteiger charge is 2.60. The maximum absolute atomic E-state index is 15.0. The molecule has 10 nitrogen and oxygen atoms in total. The maximum atomic E-state index is 15.0. The molecule has 4 N–H and O–H groups in total. The zero-order valence-corrected chi connectivity index (χ0v) is 30.1. The topological polar surface area (TPSA) is 148 Å². The zero-order valence-electron chi connectivity index (χ0n) is 27.0. The molecule has 2 aliphatic rings. The van der Waals surface area contributed by atoms with Crippen LogP contribution in [0.3, 0.4) is 0 Å². The standard InChI is InChI=1S/C34H38Cl3N5O5S/c1-20(2)47-28-19-27(37)29(48(39,45)46)18-26(28)31-40-33(3,22-5-9-24(35)10-6-22)34(4,23-7-11-25(36)12-8-23)42(31)32(44)41-15-13-21(14-16-41)17-30(38)43/h5-12,18-21H,13-17H2,1-4H3,(H2,38,43)(H2,39,45,46)/t33-,34+/m0/s1. The summed E-state index contributed by atoms with van der Waals surface area (Å²) in [5.41, 5.74) is 4.75. The predicted molar refractivity (Wildman–Crippen MR) is 188 cm³/mol. The second-order valence-electron chi connectivity index (χ2n) is 12.8. The van der Waals surface area contributed by atoms with Crippen molar-refractivity contribution in [3.8, 4) is 5.75 Å². The quantitative estimate of drug-likeness (QED) is 0.265. The van der Waals surface area contributed by atoms with Crippen LogP contribution in [-0.4, -0.2) is 55.2 Å². The van der Waals surface area contributed by atoms with Crippen LogP contribution in [0.1, 0.15) is 63.6 Å². The van der Waals surface area contributed by atoms with Gasteiger partial charge in [0.05, 0.1) is 16.7 Å². The van der Waals surface area contributed by atoms with Crippen molar-refractivity contribution in [3.63, 3.8) is 0 Å². The molecule has 1 saturated heterocycles. The molecule has 3 aromatic rings. The number of hydrogen-bond acceptors (Lipinski definition) is 6. The van der Waals surface area contributed by atoms with E-state index < -0.39 is 21.1 Å². The van der Waals surface area contributed by atoms with Crippen LogP contribution < -0.4 is 15.6 Å². The molecule has 256 valence electrons. The summed E-state index contributed by atoms with van der Waals surface area (Å²) in [5, 5.41) is 6.51. The average molecular weight is 735 g/mol. The summed E-state index contributed by atoms with van der Waals surface area (Å²) in [5.74, 6) is 0.0537. The van der Waals surface area contributed by atoms with Crippen molar-refractivity contribution >= 4 is 62.6 Å². The van der Waals surface area contributed by atoms with Gasteiger partial charge in [0, 0.05) is 35.6 Å². The maximum Gasteiger partial charge on any atom is 0.326 e. The molecule has 0 aromatic heterocycles. The van der Waals surface area contributed by atoms with Crippen LogP contribution >= 0.6 is 34.8 Å². The number of amidine groups is 1. The molecule has 2 aliphatic heterocycles. The summed E-state index contributed by atoms with van der Waals surface area (Å²) in [4.78, 5) is 35.0. The smallest absolute Gasteiger partial charge is 0.326 e. The first-order valence-electron chi connectivity index (χ1n) is 15.5. The third-order valence-corrected chi connectivity index (χ3v) is 11.1. The van der Waals surface area contributed by atoms with Crippen molar-refractivity contribution in [1.29, 1.82) is 0 Å². The largest absolute Gasteiger partial charge is 0.490 e. The normalized spacial score (nSPS) is 21.8. The molecule has 3 amide bonds. The summed E-state index contributed by atoms with van der Waals surface area (Å²) in [7, 11) is -4.30. The molecule has 0 bridgehead atoms. The molecule has 5 rings (SSSR count). The first kappa shape index (κ1) is 35.9. The first-order valence-corrected chi connectivity index (χ1v) is 18.2. The zero-order chi connectivity index (χ0) is 35.2. The lowest BCUT2D eigenvalue weighted by molar-refractivity contribution is -0.119. The number of nitrogens with zero attached hydrogens (tertiary/aromatic N) is 3. The lowest BCUT2D eigenvalue weighted by Crippen LogP contribution is -2.59. The van der Waals surface area contributed by atoms with Gasteiger partial charge >= 0.3 is 6.03 Å². The SMILES string of the molecule is CC(C)Oc1cc(Cl)c(S(N)(=O)=O)cc1C1=N[C@@](C)(c2ccc(Cl)cc2)[C@@](C)(c2ccc(Cl)cc2)N1C(=O)N1CCC(CC(N)=O)CC1. The number of primary sulfonamides is 1. The van der Waals surface area contributed by atoms with E-state index in [1.165, 1.54) is 12.1 Å². The van der Waals surface area contributed by atoms with E-state index in [2.05, 4.69) is 0 Å². The first-order chi connectivity index (χ1) is 22.5. The minimum Gasteiger partial charge on any atom is -0.490 e. The van der Waals surface area contributed by atoms with E-state index in [1.54, 1.807) is 34.1 Å². The number of ether oxygens (including phenoxy) is 1. The molecular weight excluding hydrogens is 697 g/mol. The summed E-state index contributed by atoms with van der Waals surface area (Å²) in [6, 6.07) is 16.7. The number of hydrogen-bond donors (Lipinski definition) is 2. The molecule has 0 saturated carbocycles. The van der Waals surface area contributed by atoms with Crippen LogP contribution in [-0.2, 0) is 25.9 Å². The summed E-state index contributed by atoms with van der Waals surface area (Å²) in [6.45, 7) is 8.20. The molecule has 3 aromatic carbocycles. The van der Waals surface area contributed by atoms with Gasteiger partial charge in [-0.25, -0.2) is 18.4 Å². The highest BCUT2D eigenvalue weighted by atomic mass is 35.5. The summed E-state index contributed by atoms with van der Waals surface area (Å²) >= 11 is 19.1. The van der Waals surface area contributed by atoms with E-state index in [0.717, 1.165) is 5.56 Å². The van der Waals surface area contributed by atoms with Crippen LogP contribution in [0, 0.1) is 5.92 Å². The monoisotopic (exact) mass is 733 g/mol. The van der Waals surface area contributed by atoms with Gasteiger partial charge < -0.3 is 15.4 Å². The lowest BCUT2D eigenvalue weighted by atomic mass is 9.71. The molecule has 14 heteroatoms. The number of rotatable bonds is 8. The molecule has 2 heterocycles. The van der Waals surface area contributed by atoms with Crippen molar-refractivity contribution in [3.05, 3.63) is 92.4 Å². The Labute approximate surface area is 296 Å². The number of amides is 3. The van der Waals surface area contributed by atoms with Gasteiger partial charge in [-0.15, -0.1) is 0 Å². The number of aliphatic imine (C=N–C) groups is 1. The van der Waals surface area contributed by atoms with E-state index in [9.17, 15) is 13.2 Å². The van der Waals surface area contributed by atoms with E-state index in [1.807, 2.05) is 52.0 Å². The minimum atomic E-state index is -4.30. The molecule has 2 atom stereocenters. The number of carbonyl (C=O) groups excluding carboxylic acids is 2. The Bertz CT molecular complexity index is 1860. The number of carbonyl (C=O) groups is 2. The number of likely N-dealkylation sites (tertiary alicyclic amines) is 1. The summed E-state index contributed by atoms with van der Waals surface area (Å²) < 4.78 is 31.7. The molecule has 1 fully saturated rings. The van der Waals surface area contributed by atoms with Gasteiger partial charge in [-0.3, -0.25) is 14.7 Å². The predicted octanol–water partition coefficient (Wildman–Crippen LogP) is 6.68. The highest BCUT2D eigenvalue weighted by molar-refractivity contribution is 7.89. The Morgan fingerprint density at radius 1 is 0.958 bits per heavy atom. The number of urea groups is 1. The van der Waals surface area contributed by atoms with Crippen LogP contribution in [0.5, 0.6) is 5.75 Å². The molecule has 0 radical (unpaired) electrons. The van der Waals surface area contributed by atoms with Gasteiger partial charge in [-0.1, -0.05) is 59.1 Å². The number of primary amides is 1. The third kappa shape index (κ3) is 6.76. The fourth-order valence-electron chi connectivity index (χ4n) is 6.60. The van der Waals surface area contributed by atoms with Gasteiger partial charge in [0.25, 0.3) is 0 Å². The lowest BCUT2D eigenvalue weighted by Gasteiger charge is -2.47. The van der Waals surface area contributed by atoms with Crippen LogP contribution in [0.2, 0.25) is 15.1 Å². The molecule has 0 aliphatic carbocycles. The van der Waals surface area contributed by atoms with Crippen LogP contribution in [0.4, 0.5) is 4.79 Å². The Balaban J connectivity index is 1.80. The minimum absolute atomic E-state index is 0.0554. The van der Waals surface area contributed by atoms with E-state index in [-0.39, 0.29) is 57.4 Å². The van der Waals surface area contributed by atoms with Gasteiger partial charge in [-0.05, 0) is 87.9 Å². The fourth-order valence-corrected chi connectivity index (χ4v) is 7.94. The van der Waals surface area contributed by atoms with Gasteiger partial charge in [0.15, 0.2) is 0 Å². The molecule has 0 spiro atoms. The van der Waals surface area contributed by atoms with E-state index in [4.69, 9.17) is 55.4 Å². The van der Waals surface area contributed by atoms with Crippen LogP contribution in [0.15, 0.2) is 70.6 Å². The Kier molecular flexibility index (Phi) is 10.1. The van der Waals surface area contributed by atoms with Crippen LogP contribution in [0.25, 0.3) is 0 Å². The second-order valence-corrected chi connectivity index (χ2v) is 15.6. The van der Waals surface area contributed by atoms with Gasteiger partial charge in [-0.2, -0.15) is 0 Å². The summed E-state index contributed by atoms with van der Waals surface area (Å²) in [6.07, 6.45) is 1.06. The second kappa shape index (κ2) is 13.5. The molecule has 0 unspecified atom stereocenters. The highest BCUT2D eigenvalue weighted by Crippen LogP contribution is 2.54. The van der Waals surface area contributed by atoms with E-state index in [0.29, 0.717) is 41.5 Å². The Morgan fingerprint density at radius 2 is 1.50 bits per heavy atom. The molecule has 48 heavy (non-hydrogen) atoms. The van der Waals surface area contributed by atoms with E-state index >= 15 is 4.79 Å². The average Bonchev–Trinajstić information content (AvgIpc) is 3.24. The van der Waals surface area contributed by atoms with Gasteiger partial charge in [0.2, 0.25) is 15.9 Å². The number of piperidine rings is 1.